The lowest BCUT2D eigenvalue weighted by Gasteiger charge is -2.30. The summed E-state index contributed by atoms with van der Waals surface area (Å²) in [7, 11) is -3.90. The number of thiocarbonyl (C=S) groups is 1. The fourth-order valence-corrected chi connectivity index (χ4v) is 8.50. The summed E-state index contributed by atoms with van der Waals surface area (Å²) in [6.07, 6.45) is 7.07. The number of nitrogens with one attached hydrogen (secondary N) is 2. The number of ether oxygens (including phenoxy) is 2. The lowest BCUT2D eigenvalue weighted by Crippen LogP contribution is -2.42. The number of anilines is 4. The Labute approximate surface area is 349 Å². The van der Waals surface area contributed by atoms with Crippen molar-refractivity contribution in [3.05, 3.63) is 82.2 Å². The topological polar surface area (TPSA) is 238 Å². The van der Waals surface area contributed by atoms with Crippen molar-refractivity contribution in [2.45, 2.75) is 37.8 Å². The molecule has 0 radical (unpaired) electrons. The van der Waals surface area contributed by atoms with E-state index in [0.29, 0.717) is 51.9 Å². The van der Waals surface area contributed by atoms with Gasteiger partial charge in [-0.05, 0) is 49.9 Å². The largest absolute Gasteiger partial charge is 0.496 e. The summed E-state index contributed by atoms with van der Waals surface area (Å²) in [5, 5.41) is 6.17. The average molecular weight is 899 g/mol. The van der Waals surface area contributed by atoms with Crippen molar-refractivity contribution in [3.8, 4) is 11.5 Å². The van der Waals surface area contributed by atoms with Crippen molar-refractivity contribution in [2.75, 3.05) is 75.0 Å². The molecule has 0 unspecified atom stereocenters. The minimum absolute atomic E-state index is 0.00298. The van der Waals surface area contributed by atoms with Crippen LogP contribution in [0.3, 0.4) is 0 Å². The van der Waals surface area contributed by atoms with Crippen molar-refractivity contribution in [3.63, 3.8) is 0 Å². The maximum atomic E-state index is 14.3. The van der Waals surface area contributed by atoms with Crippen molar-refractivity contribution in [1.82, 2.24) is 28.5 Å². The molecule has 2 fully saturated rings. The number of methoxy groups -OCH3 is 2. The number of carbonyl (C=O) groups excluding carboxylic acids is 1. The van der Waals surface area contributed by atoms with E-state index in [2.05, 4.69) is 30.6 Å². The first-order chi connectivity index (χ1) is 28.2. The first-order valence-corrected chi connectivity index (χ1v) is 22.2. The van der Waals surface area contributed by atoms with Crippen LogP contribution in [0.15, 0.2) is 36.7 Å². The second kappa shape index (κ2) is 19.0. The van der Waals surface area contributed by atoms with Crippen LogP contribution < -0.4 is 31.6 Å². The van der Waals surface area contributed by atoms with Gasteiger partial charge in [0.1, 0.15) is 28.7 Å². The third kappa shape index (κ3) is 10.7. The summed E-state index contributed by atoms with van der Waals surface area (Å²) >= 11 is 5.30. The van der Waals surface area contributed by atoms with Gasteiger partial charge in [-0.3, -0.25) is 4.79 Å². The number of hydrogen-bond donors (Lipinski definition) is 4. The van der Waals surface area contributed by atoms with E-state index in [4.69, 9.17) is 33.2 Å². The van der Waals surface area contributed by atoms with Gasteiger partial charge in [-0.15, -0.1) is 0 Å². The second-order valence-corrected chi connectivity index (χ2v) is 18.1. The van der Waals surface area contributed by atoms with E-state index in [9.17, 15) is 39.2 Å². The zero-order valence-corrected chi connectivity index (χ0v) is 35.2. The van der Waals surface area contributed by atoms with Crippen LogP contribution in [0.4, 0.5) is 41.1 Å². The van der Waals surface area contributed by atoms with E-state index in [1.165, 1.54) is 41.3 Å². The standard InChI is InChI=1S/C18H21F2N5O4S.C18H21F2N5O3S2/c1-29-13-4-3-12(19)15(20)14(13)16(26)11-9-22-18(24-17(11)21)23-10-5-7-25(8-6-10)30(2,27)28;1-28-13-4-3-12(19)15(20)14(13)16(29)11-9-22-18(24-17(11)21)23-10-5-7-25(8-6-10)30(2,26)27/h2*3-4,9-10H,5-8H2,1-2H3,(H3,21,22,23,24). The Morgan fingerprint density at radius 3 is 1.47 bits per heavy atom. The quantitative estimate of drug-likeness (QED) is 0.0906. The van der Waals surface area contributed by atoms with Crippen LogP contribution in [-0.2, 0) is 20.0 Å². The van der Waals surface area contributed by atoms with E-state index in [-0.39, 0.29) is 68.7 Å². The number of nitrogens with two attached hydrogens (primary N) is 2. The number of rotatable bonds is 12. The maximum Gasteiger partial charge on any atom is 0.224 e. The van der Waals surface area contributed by atoms with Crippen molar-refractivity contribution < 1.29 is 48.7 Å². The summed E-state index contributed by atoms with van der Waals surface area (Å²) in [6.45, 7) is 1.52. The van der Waals surface area contributed by atoms with Crippen LogP contribution in [0.5, 0.6) is 11.5 Å². The van der Waals surface area contributed by atoms with E-state index in [1.54, 1.807) is 0 Å². The third-order valence-corrected chi connectivity index (χ3v) is 12.7. The van der Waals surface area contributed by atoms with Crippen LogP contribution >= 0.6 is 12.2 Å². The average Bonchev–Trinajstić information content (AvgIpc) is 3.19. The highest BCUT2D eigenvalue weighted by molar-refractivity contribution is 7.88. The van der Waals surface area contributed by atoms with E-state index in [0.717, 1.165) is 30.7 Å². The molecule has 0 spiro atoms. The third-order valence-electron chi connectivity index (χ3n) is 9.65. The molecule has 60 heavy (non-hydrogen) atoms. The van der Waals surface area contributed by atoms with E-state index >= 15 is 0 Å². The van der Waals surface area contributed by atoms with Crippen molar-refractivity contribution in [1.29, 1.82) is 0 Å². The summed E-state index contributed by atoms with van der Waals surface area (Å²) < 4.78 is 115. The number of halogens is 4. The van der Waals surface area contributed by atoms with E-state index < -0.39 is 54.7 Å². The van der Waals surface area contributed by atoms with Gasteiger partial charge in [0, 0.05) is 50.7 Å². The van der Waals surface area contributed by atoms with Crippen LogP contribution in [0, 0.1) is 23.3 Å². The molecule has 0 atom stereocenters. The number of nitrogen functional groups attached to an aromatic ring is 2. The molecule has 6 rings (SSSR count). The van der Waals surface area contributed by atoms with Gasteiger partial charge in [0.25, 0.3) is 0 Å². The number of aromatic nitrogens is 4. The van der Waals surface area contributed by atoms with Gasteiger partial charge in [0.15, 0.2) is 23.3 Å². The smallest absolute Gasteiger partial charge is 0.224 e. The summed E-state index contributed by atoms with van der Waals surface area (Å²) in [4.78, 5) is 29.1. The zero-order valence-electron chi connectivity index (χ0n) is 32.7. The zero-order chi connectivity index (χ0) is 44.1. The molecule has 2 aromatic carbocycles. The molecule has 6 N–H and O–H groups in total. The highest BCUT2D eigenvalue weighted by atomic mass is 32.2. The normalized spacial score (nSPS) is 15.7. The van der Waals surface area contributed by atoms with Gasteiger partial charge in [-0.2, -0.15) is 9.97 Å². The Morgan fingerprint density at radius 2 is 1.08 bits per heavy atom. The molecule has 0 bridgehead atoms. The Bertz CT molecular complexity index is 2320. The molecule has 4 heterocycles. The monoisotopic (exact) mass is 898 g/mol. The highest BCUT2D eigenvalue weighted by Gasteiger charge is 2.29. The van der Waals surface area contributed by atoms with Crippen molar-refractivity contribution in [2.24, 2.45) is 0 Å². The van der Waals surface area contributed by atoms with Crippen LogP contribution in [-0.4, -0.2) is 121 Å². The molecule has 2 saturated heterocycles. The molecular formula is C36H42F4N10O7S3. The number of piperidine rings is 2. The number of carbonyl (C=O) groups is 1. The van der Waals surface area contributed by atoms with Gasteiger partial charge in [-0.1, -0.05) is 12.2 Å². The fourth-order valence-electron chi connectivity index (χ4n) is 6.41. The van der Waals surface area contributed by atoms with Gasteiger partial charge >= 0.3 is 0 Å². The lowest BCUT2D eigenvalue weighted by atomic mass is 10.0. The molecule has 0 amide bonds. The molecule has 24 heteroatoms. The lowest BCUT2D eigenvalue weighted by molar-refractivity contribution is 0.103. The first kappa shape index (κ1) is 45.8. The van der Waals surface area contributed by atoms with Gasteiger partial charge < -0.3 is 31.6 Å². The predicted molar refractivity (Wildman–Crippen MR) is 219 cm³/mol. The second-order valence-electron chi connectivity index (χ2n) is 13.7. The highest BCUT2D eigenvalue weighted by Crippen LogP contribution is 2.30. The molecule has 0 saturated carbocycles. The van der Waals surface area contributed by atoms with Crippen LogP contribution in [0.25, 0.3) is 0 Å². The summed E-state index contributed by atoms with van der Waals surface area (Å²) in [6, 6.07) is 4.11. The Hall–Kier alpha value is -5.30. The Kier molecular flexibility index (Phi) is 14.5. The maximum absolute atomic E-state index is 14.3. The summed E-state index contributed by atoms with van der Waals surface area (Å²) in [5.74, 6) is -5.56. The number of sulfonamides is 2. The van der Waals surface area contributed by atoms with E-state index in [1.807, 2.05) is 0 Å². The van der Waals surface area contributed by atoms with Crippen LogP contribution in [0.2, 0.25) is 0 Å². The van der Waals surface area contributed by atoms with Crippen LogP contribution in [0.1, 0.15) is 52.7 Å². The number of nitrogens with zero attached hydrogens (tertiary/aromatic N) is 6. The Morgan fingerprint density at radius 1 is 0.700 bits per heavy atom. The molecule has 17 nitrogen and oxygen atoms in total. The Balaban J connectivity index is 0.000000228. The number of hydrogen-bond acceptors (Lipinski definition) is 16. The van der Waals surface area contributed by atoms with Gasteiger partial charge in [-0.25, -0.2) is 53.0 Å². The predicted octanol–water partition coefficient (Wildman–Crippen LogP) is 3.36. The molecule has 4 aromatic rings. The number of benzene rings is 2. The minimum Gasteiger partial charge on any atom is -0.496 e. The summed E-state index contributed by atoms with van der Waals surface area (Å²) in [5.41, 5.74) is 11.0. The van der Waals surface area contributed by atoms with Gasteiger partial charge in [0.2, 0.25) is 37.7 Å². The SMILES string of the molecule is COc1ccc(F)c(F)c1C(=O)c1cnc(NC2CCN(S(C)(=O)=O)CC2)nc1N.COc1ccc(F)c(F)c1C(=S)c1cnc(NC2CCN(S(C)(=O)=O)CC2)nc1N. The molecule has 0 aliphatic carbocycles. The molecule has 2 aliphatic rings. The molecular weight excluding hydrogens is 857 g/mol. The molecule has 324 valence electrons. The van der Waals surface area contributed by atoms with Gasteiger partial charge in [0.05, 0.1) is 48.3 Å². The fraction of sp³-hybridized carbons (Fsp3) is 0.389. The molecule has 2 aliphatic heterocycles. The number of ketones is 1. The minimum atomic E-state index is -3.23. The first-order valence-electron chi connectivity index (χ1n) is 18.0. The van der Waals surface area contributed by atoms with Crippen molar-refractivity contribution >= 4 is 66.4 Å². The molecule has 2 aromatic heterocycles.